The monoisotopic (exact) mass is 241 g/mol. The summed E-state index contributed by atoms with van der Waals surface area (Å²) in [7, 11) is 0. The summed E-state index contributed by atoms with van der Waals surface area (Å²) in [5.74, 6) is -1.00. The van der Waals surface area contributed by atoms with E-state index in [0.29, 0.717) is 5.69 Å². The van der Waals surface area contributed by atoms with E-state index in [9.17, 15) is 4.79 Å². The summed E-state index contributed by atoms with van der Waals surface area (Å²) in [6.45, 7) is 2.14. The largest absolute Gasteiger partial charge is 0.477 e. The van der Waals surface area contributed by atoms with Gasteiger partial charge in [-0.05, 0) is 24.1 Å². The molecular formula is C15H15NO2. The van der Waals surface area contributed by atoms with Gasteiger partial charge in [0.25, 0.3) is 0 Å². The summed E-state index contributed by atoms with van der Waals surface area (Å²) in [4.78, 5) is 15.0. The molecule has 0 spiro atoms. The average molecular weight is 241 g/mol. The molecule has 0 aliphatic rings. The zero-order valence-electron chi connectivity index (χ0n) is 10.3. The smallest absolute Gasteiger partial charge is 0.354 e. The Morgan fingerprint density at radius 1 is 1.17 bits per heavy atom. The predicted octanol–water partition coefficient (Wildman–Crippen LogP) is 3.40. The Labute approximate surface area is 106 Å². The highest BCUT2D eigenvalue weighted by Gasteiger charge is 2.06. The Morgan fingerprint density at radius 2 is 1.89 bits per heavy atom. The van der Waals surface area contributed by atoms with Gasteiger partial charge < -0.3 is 5.11 Å². The lowest BCUT2D eigenvalue weighted by molar-refractivity contribution is 0.0690. The van der Waals surface area contributed by atoms with Crippen LogP contribution in [-0.2, 0) is 6.42 Å². The quantitative estimate of drug-likeness (QED) is 0.892. The second-order valence-corrected chi connectivity index (χ2v) is 4.16. The second kappa shape index (κ2) is 5.45. The van der Waals surface area contributed by atoms with Crippen LogP contribution < -0.4 is 0 Å². The van der Waals surface area contributed by atoms with E-state index in [1.54, 1.807) is 6.07 Å². The Bertz CT molecular complexity index is 547. The Morgan fingerprint density at radius 3 is 2.50 bits per heavy atom. The van der Waals surface area contributed by atoms with Crippen molar-refractivity contribution in [2.75, 3.05) is 0 Å². The van der Waals surface area contributed by atoms with Gasteiger partial charge in [-0.2, -0.15) is 0 Å². The summed E-state index contributed by atoms with van der Waals surface area (Å²) in [5.41, 5.74) is 3.00. The third-order valence-electron chi connectivity index (χ3n) is 2.76. The van der Waals surface area contributed by atoms with E-state index in [2.05, 4.69) is 24.0 Å². The van der Waals surface area contributed by atoms with Gasteiger partial charge in [0.2, 0.25) is 0 Å². The molecule has 2 rings (SSSR count). The molecule has 92 valence electrons. The molecular weight excluding hydrogens is 226 g/mol. The van der Waals surface area contributed by atoms with E-state index in [0.717, 1.165) is 18.4 Å². The van der Waals surface area contributed by atoms with Crippen molar-refractivity contribution in [2.45, 2.75) is 19.8 Å². The first kappa shape index (κ1) is 12.3. The van der Waals surface area contributed by atoms with Crippen LogP contribution in [0.1, 0.15) is 29.4 Å². The molecule has 1 heterocycles. The van der Waals surface area contributed by atoms with Crippen molar-refractivity contribution in [3.8, 4) is 11.3 Å². The molecule has 0 bridgehead atoms. The molecule has 1 N–H and O–H groups in total. The number of hydrogen-bond donors (Lipinski definition) is 1. The van der Waals surface area contributed by atoms with Gasteiger partial charge in [-0.25, -0.2) is 9.78 Å². The normalized spacial score (nSPS) is 10.3. The zero-order chi connectivity index (χ0) is 13.0. The highest BCUT2D eigenvalue weighted by Crippen LogP contribution is 2.18. The maximum Gasteiger partial charge on any atom is 0.354 e. The average Bonchev–Trinajstić information content (AvgIpc) is 2.40. The van der Waals surface area contributed by atoms with Gasteiger partial charge in [0.05, 0.1) is 5.69 Å². The van der Waals surface area contributed by atoms with Gasteiger partial charge >= 0.3 is 5.97 Å². The molecule has 3 heteroatoms. The number of carbonyl (C=O) groups is 1. The predicted molar refractivity (Wildman–Crippen MR) is 70.6 cm³/mol. The number of carboxylic acid groups (broad SMARTS) is 1. The number of carboxylic acids is 1. The Kier molecular flexibility index (Phi) is 3.72. The van der Waals surface area contributed by atoms with Crippen LogP contribution in [0.2, 0.25) is 0 Å². The van der Waals surface area contributed by atoms with Gasteiger partial charge in [0.1, 0.15) is 5.69 Å². The molecule has 0 unspecified atom stereocenters. The van der Waals surface area contributed by atoms with Crippen LogP contribution in [0.4, 0.5) is 0 Å². The number of hydrogen-bond acceptors (Lipinski definition) is 2. The highest BCUT2D eigenvalue weighted by molar-refractivity contribution is 5.86. The number of aromatic nitrogens is 1. The molecule has 18 heavy (non-hydrogen) atoms. The fourth-order valence-corrected chi connectivity index (χ4v) is 1.85. The number of pyridine rings is 1. The lowest BCUT2D eigenvalue weighted by Crippen LogP contribution is -2.00. The van der Waals surface area contributed by atoms with E-state index in [1.807, 2.05) is 18.2 Å². The molecule has 0 aliphatic carbocycles. The van der Waals surface area contributed by atoms with Crippen molar-refractivity contribution in [1.82, 2.24) is 4.98 Å². The lowest BCUT2D eigenvalue weighted by Gasteiger charge is -2.04. The molecule has 0 radical (unpaired) electrons. The first-order valence-electron chi connectivity index (χ1n) is 6.00. The van der Waals surface area contributed by atoms with Gasteiger partial charge in [0.15, 0.2) is 0 Å². The van der Waals surface area contributed by atoms with Crippen molar-refractivity contribution in [2.24, 2.45) is 0 Å². The second-order valence-electron chi connectivity index (χ2n) is 4.16. The minimum atomic E-state index is -1.00. The van der Waals surface area contributed by atoms with E-state index >= 15 is 0 Å². The number of aromatic carboxylic acids is 1. The van der Waals surface area contributed by atoms with Crippen molar-refractivity contribution >= 4 is 5.97 Å². The molecule has 0 aliphatic heterocycles. The first-order chi connectivity index (χ1) is 8.70. The van der Waals surface area contributed by atoms with Crippen molar-refractivity contribution in [3.63, 3.8) is 0 Å². The Hall–Kier alpha value is -2.16. The van der Waals surface area contributed by atoms with E-state index < -0.39 is 5.97 Å². The molecule has 0 fully saturated rings. The van der Waals surface area contributed by atoms with Crippen LogP contribution in [0.5, 0.6) is 0 Å². The molecule has 1 aromatic carbocycles. The van der Waals surface area contributed by atoms with Crippen molar-refractivity contribution in [1.29, 1.82) is 0 Å². The number of rotatable bonds is 4. The van der Waals surface area contributed by atoms with Crippen molar-refractivity contribution < 1.29 is 9.90 Å². The topological polar surface area (TPSA) is 50.2 Å². The van der Waals surface area contributed by atoms with Crippen LogP contribution >= 0.6 is 0 Å². The summed E-state index contributed by atoms with van der Waals surface area (Å²) < 4.78 is 0. The molecule has 0 saturated heterocycles. The first-order valence-corrected chi connectivity index (χ1v) is 6.00. The maximum atomic E-state index is 10.9. The van der Waals surface area contributed by atoms with Gasteiger partial charge in [-0.3, -0.25) is 0 Å². The minimum Gasteiger partial charge on any atom is -0.477 e. The van der Waals surface area contributed by atoms with Crippen LogP contribution in [0.3, 0.4) is 0 Å². The molecule has 0 atom stereocenters. The van der Waals surface area contributed by atoms with Crippen LogP contribution in [0.25, 0.3) is 11.3 Å². The molecule has 2 aromatic rings. The minimum absolute atomic E-state index is 0.0742. The van der Waals surface area contributed by atoms with Gasteiger partial charge in [-0.15, -0.1) is 0 Å². The van der Waals surface area contributed by atoms with Gasteiger partial charge in [0, 0.05) is 5.56 Å². The SMILES string of the molecule is CCCc1ccc(-c2cccc(C(=O)O)n2)cc1. The van der Waals surface area contributed by atoms with Gasteiger partial charge in [-0.1, -0.05) is 43.7 Å². The van der Waals surface area contributed by atoms with E-state index in [4.69, 9.17) is 5.11 Å². The molecule has 0 amide bonds. The van der Waals surface area contributed by atoms with Crippen LogP contribution in [-0.4, -0.2) is 16.1 Å². The Balaban J connectivity index is 2.30. The number of benzene rings is 1. The summed E-state index contributed by atoms with van der Waals surface area (Å²) in [6.07, 6.45) is 2.18. The summed E-state index contributed by atoms with van der Waals surface area (Å²) in [5, 5.41) is 8.91. The highest BCUT2D eigenvalue weighted by atomic mass is 16.4. The standard InChI is InChI=1S/C15H15NO2/c1-2-4-11-7-9-12(10-8-11)13-5-3-6-14(16-13)15(17)18/h3,5-10H,2,4H2,1H3,(H,17,18). The van der Waals surface area contributed by atoms with Crippen LogP contribution in [0, 0.1) is 0 Å². The molecule has 0 saturated carbocycles. The lowest BCUT2D eigenvalue weighted by atomic mass is 10.1. The molecule has 3 nitrogen and oxygen atoms in total. The summed E-state index contributed by atoms with van der Waals surface area (Å²) >= 11 is 0. The van der Waals surface area contributed by atoms with Crippen molar-refractivity contribution in [3.05, 3.63) is 53.7 Å². The summed E-state index contributed by atoms with van der Waals surface area (Å²) in [6, 6.07) is 13.1. The fraction of sp³-hybridized carbons (Fsp3) is 0.200. The zero-order valence-corrected chi connectivity index (χ0v) is 10.3. The molecule has 1 aromatic heterocycles. The maximum absolute atomic E-state index is 10.9. The van der Waals surface area contributed by atoms with E-state index in [1.165, 1.54) is 11.6 Å². The third-order valence-corrected chi connectivity index (χ3v) is 2.76. The van der Waals surface area contributed by atoms with E-state index in [-0.39, 0.29) is 5.69 Å². The fourth-order valence-electron chi connectivity index (χ4n) is 1.85. The van der Waals surface area contributed by atoms with Crippen LogP contribution in [0.15, 0.2) is 42.5 Å². The third kappa shape index (κ3) is 2.74. The number of aryl methyl sites for hydroxylation is 1. The number of nitrogens with zero attached hydrogens (tertiary/aromatic N) is 1.